The van der Waals surface area contributed by atoms with Crippen LogP contribution in [0, 0.1) is 12.8 Å². The van der Waals surface area contributed by atoms with Gasteiger partial charge in [0, 0.05) is 29.5 Å². The second-order valence-corrected chi connectivity index (χ2v) is 7.25. The van der Waals surface area contributed by atoms with Crippen LogP contribution in [0.5, 0.6) is 0 Å². The Morgan fingerprint density at radius 1 is 1.42 bits per heavy atom. The first-order chi connectivity index (χ1) is 11.7. The fourth-order valence-corrected chi connectivity index (χ4v) is 3.93. The summed E-state index contributed by atoms with van der Waals surface area (Å²) >= 11 is 1.59. The third-order valence-electron chi connectivity index (χ3n) is 4.73. The normalized spacial score (nSPS) is 21.4. The van der Waals surface area contributed by atoms with Gasteiger partial charge in [-0.1, -0.05) is 19.3 Å². The highest BCUT2D eigenvalue weighted by Crippen LogP contribution is 2.25. The smallest absolute Gasteiger partial charge is 0.227 e. The summed E-state index contributed by atoms with van der Waals surface area (Å²) in [7, 11) is 0. The molecule has 2 atom stereocenters. The Labute approximate surface area is 146 Å². The number of nitrogens with one attached hydrogen (secondary N) is 1. The van der Waals surface area contributed by atoms with E-state index in [4.69, 9.17) is 4.42 Å². The van der Waals surface area contributed by atoms with Crippen LogP contribution in [0.25, 0.3) is 11.5 Å². The van der Waals surface area contributed by atoms with Gasteiger partial charge in [0.2, 0.25) is 11.8 Å². The zero-order chi connectivity index (χ0) is 16.9. The largest absolute Gasteiger partial charge is 0.441 e. The highest BCUT2D eigenvalue weighted by molar-refractivity contribution is 7.08. The minimum absolute atomic E-state index is 0.0476. The first kappa shape index (κ1) is 17.2. The van der Waals surface area contributed by atoms with Gasteiger partial charge in [-0.3, -0.25) is 4.79 Å². The molecule has 1 aliphatic rings. The highest BCUT2D eigenvalue weighted by atomic mass is 32.1. The Morgan fingerprint density at radius 3 is 3.00 bits per heavy atom. The van der Waals surface area contributed by atoms with Crippen LogP contribution in [0.15, 0.2) is 21.2 Å². The third-order valence-corrected chi connectivity index (χ3v) is 5.41. The molecule has 1 fully saturated rings. The summed E-state index contributed by atoms with van der Waals surface area (Å²) in [4.78, 5) is 16.9. The molecule has 0 aromatic carbocycles. The van der Waals surface area contributed by atoms with Crippen molar-refractivity contribution in [3.63, 3.8) is 0 Å². The lowest BCUT2D eigenvalue weighted by Crippen LogP contribution is -2.41. The minimum atomic E-state index is -0.0476. The lowest BCUT2D eigenvalue weighted by atomic mass is 9.95. The molecule has 2 aromatic rings. The summed E-state index contributed by atoms with van der Waals surface area (Å²) < 4.78 is 5.69. The number of oxazole rings is 1. The van der Waals surface area contributed by atoms with Gasteiger partial charge in [-0.15, -0.1) is 0 Å². The summed E-state index contributed by atoms with van der Waals surface area (Å²) in [6.45, 7) is 1.98. The van der Waals surface area contributed by atoms with Gasteiger partial charge in [-0.25, -0.2) is 4.98 Å². The van der Waals surface area contributed by atoms with Gasteiger partial charge in [0.1, 0.15) is 5.76 Å². The number of amides is 1. The molecule has 5 nitrogen and oxygen atoms in total. The van der Waals surface area contributed by atoms with Gasteiger partial charge in [0.25, 0.3) is 0 Å². The number of rotatable bonds is 5. The molecule has 2 heterocycles. The average molecular weight is 348 g/mol. The SMILES string of the molecule is Cc1oc(-c2ccsc2)nc1CC(=O)N[C@@H]1CCCCC[C@@H]1CO. The average Bonchev–Trinajstić information content (AvgIpc) is 3.15. The maximum absolute atomic E-state index is 12.4. The van der Waals surface area contributed by atoms with Crippen LogP contribution in [0.1, 0.15) is 43.6 Å². The van der Waals surface area contributed by atoms with Crippen LogP contribution in [0.2, 0.25) is 0 Å². The molecule has 0 aliphatic heterocycles. The molecule has 3 rings (SSSR count). The van der Waals surface area contributed by atoms with E-state index in [1.807, 2.05) is 23.8 Å². The molecule has 0 bridgehead atoms. The van der Waals surface area contributed by atoms with Crippen molar-refractivity contribution in [2.24, 2.45) is 5.92 Å². The van der Waals surface area contributed by atoms with Crippen molar-refractivity contribution in [1.29, 1.82) is 0 Å². The van der Waals surface area contributed by atoms with Crippen LogP contribution >= 0.6 is 11.3 Å². The van der Waals surface area contributed by atoms with E-state index in [2.05, 4.69) is 10.3 Å². The standard InChI is InChI=1S/C18H24N2O3S/c1-12-16(20-18(23-12)14-7-8-24-11-14)9-17(22)19-15-6-4-2-3-5-13(15)10-21/h7-8,11,13,15,21H,2-6,9-10H2,1H3,(H,19,22)/t13-,15-/m1/s1. The van der Waals surface area contributed by atoms with E-state index in [1.54, 1.807) is 11.3 Å². The molecular formula is C18H24N2O3S. The van der Waals surface area contributed by atoms with E-state index >= 15 is 0 Å². The number of aliphatic hydroxyl groups excluding tert-OH is 1. The number of hydrogen-bond donors (Lipinski definition) is 2. The molecule has 2 aromatic heterocycles. The van der Waals surface area contributed by atoms with Crippen molar-refractivity contribution in [1.82, 2.24) is 10.3 Å². The molecule has 1 amide bonds. The van der Waals surface area contributed by atoms with Crippen molar-refractivity contribution in [3.8, 4) is 11.5 Å². The first-order valence-corrected chi connectivity index (χ1v) is 9.50. The van der Waals surface area contributed by atoms with Crippen molar-refractivity contribution < 1.29 is 14.3 Å². The van der Waals surface area contributed by atoms with Crippen molar-refractivity contribution in [3.05, 3.63) is 28.3 Å². The fourth-order valence-electron chi connectivity index (χ4n) is 3.30. The highest BCUT2D eigenvalue weighted by Gasteiger charge is 2.25. The number of thiophene rings is 1. The van der Waals surface area contributed by atoms with Crippen molar-refractivity contribution in [2.75, 3.05) is 6.61 Å². The predicted molar refractivity (Wildman–Crippen MR) is 93.8 cm³/mol. The summed E-state index contributed by atoms with van der Waals surface area (Å²) in [5.41, 5.74) is 1.63. The molecule has 1 saturated carbocycles. The number of nitrogens with zero attached hydrogens (tertiary/aromatic N) is 1. The lowest BCUT2D eigenvalue weighted by Gasteiger charge is -2.24. The summed E-state index contributed by atoms with van der Waals surface area (Å²) in [5, 5.41) is 16.6. The molecular weight excluding hydrogens is 324 g/mol. The molecule has 24 heavy (non-hydrogen) atoms. The molecule has 2 N–H and O–H groups in total. The van der Waals surface area contributed by atoms with Crippen LogP contribution < -0.4 is 5.32 Å². The van der Waals surface area contributed by atoms with Gasteiger partial charge in [-0.2, -0.15) is 11.3 Å². The van der Waals surface area contributed by atoms with Gasteiger partial charge < -0.3 is 14.8 Å². The van der Waals surface area contributed by atoms with E-state index in [0.717, 1.165) is 31.2 Å². The Morgan fingerprint density at radius 2 is 2.25 bits per heavy atom. The minimum Gasteiger partial charge on any atom is -0.441 e. The maximum Gasteiger partial charge on any atom is 0.227 e. The summed E-state index contributed by atoms with van der Waals surface area (Å²) in [6, 6.07) is 2.02. The second kappa shape index (κ2) is 7.94. The van der Waals surface area contributed by atoms with Gasteiger partial charge in [0.05, 0.1) is 12.1 Å². The van der Waals surface area contributed by atoms with Crippen LogP contribution in [-0.2, 0) is 11.2 Å². The molecule has 6 heteroatoms. The van der Waals surface area contributed by atoms with E-state index in [9.17, 15) is 9.90 Å². The summed E-state index contributed by atoms with van der Waals surface area (Å²) in [5.74, 6) is 1.37. The third kappa shape index (κ3) is 4.05. The van der Waals surface area contributed by atoms with E-state index < -0.39 is 0 Å². The lowest BCUT2D eigenvalue weighted by molar-refractivity contribution is -0.121. The molecule has 0 saturated heterocycles. The van der Waals surface area contributed by atoms with E-state index in [0.29, 0.717) is 17.3 Å². The zero-order valence-corrected chi connectivity index (χ0v) is 14.8. The molecule has 130 valence electrons. The first-order valence-electron chi connectivity index (χ1n) is 8.56. The Hall–Kier alpha value is -1.66. The number of carbonyl (C=O) groups is 1. The number of aryl methyl sites for hydroxylation is 1. The Balaban J connectivity index is 1.64. The Bertz CT molecular complexity index is 666. The number of aromatic nitrogens is 1. The molecule has 0 spiro atoms. The second-order valence-electron chi connectivity index (χ2n) is 6.47. The quantitative estimate of drug-likeness (QED) is 0.813. The topological polar surface area (TPSA) is 75.4 Å². The van der Waals surface area contributed by atoms with E-state index in [1.165, 1.54) is 6.42 Å². The fraction of sp³-hybridized carbons (Fsp3) is 0.556. The van der Waals surface area contributed by atoms with E-state index in [-0.39, 0.29) is 30.9 Å². The Kier molecular flexibility index (Phi) is 5.68. The number of aliphatic hydroxyl groups is 1. The zero-order valence-electron chi connectivity index (χ0n) is 14.0. The van der Waals surface area contributed by atoms with Gasteiger partial charge in [0.15, 0.2) is 0 Å². The van der Waals surface area contributed by atoms with Crippen LogP contribution in [0.3, 0.4) is 0 Å². The van der Waals surface area contributed by atoms with Crippen LogP contribution in [0.4, 0.5) is 0 Å². The van der Waals surface area contributed by atoms with Crippen LogP contribution in [-0.4, -0.2) is 28.6 Å². The monoisotopic (exact) mass is 348 g/mol. The van der Waals surface area contributed by atoms with Gasteiger partial charge in [-0.05, 0) is 31.2 Å². The number of carbonyl (C=O) groups excluding carboxylic acids is 1. The predicted octanol–water partition coefficient (Wildman–Crippen LogP) is 3.31. The molecule has 1 aliphatic carbocycles. The van der Waals surface area contributed by atoms with Crippen molar-refractivity contribution >= 4 is 17.2 Å². The number of hydrogen-bond acceptors (Lipinski definition) is 5. The summed E-state index contributed by atoms with van der Waals surface area (Å²) in [6.07, 6.45) is 5.54. The van der Waals surface area contributed by atoms with Crippen molar-refractivity contribution in [2.45, 2.75) is 51.5 Å². The molecule has 0 unspecified atom stereocenters. The van der Waals surface area contributed by atoms with Gasteiger partial charge >= 0.3 is 0 Å². The maximum atomic E-state index is 12.4. The molecule has 0 radical (unpaired) electrons.